The molecule has 5 aromatic carbocycles. The second-order valence-electron chi connectivity index (χ2n) is 8.85. The Morgan fingerprint density at radius 2 is 0.744 bits per heavy atom. The van der Waals surface area contributed by atoms with Gasteiger partial charge in [0.2, 0.25) is 0 Å². The van der Waals surface area contributed by atoms with Crippen molar-refractivity contribution < 1.29 is 24.3 Å². The van der Waals surface area contributed by atoms with Crippen LogP contribution in [0.4, 0.5) is 0 Å². The maximum atomic E-state index is 11.8. The molecule has 6 heteroatoms. The van der Waals surface area contributed by atoms with Crippen molar-refractivity contribution in [3.05, 3.63) is 179 Å². The van der Waals surface area contributed by atoms with Crippen LogP contribution < -0.4 is 0 Å². The van der Waals surface area contributed by atoms with Crippen LogP contribution >= 0.6 is 11.6 Å². The lowest BCUT2D eigenvalue weighted by molar-refractivity contribution is 0.0902. The summed E-state index contributed by atoms with van der Waals surface area (Å²) in [6.07, 6.45) is 0. The molecule has 5 nitrogen and oxygen atoms in total. The molecule has 0 atom stereocenters. The zero-order valence-corrected chi connectivity index (χ0v) is 24.6. The van der Waals surface area contributed by atoms with Gasteiger partial charge in [-0.1, -0.05) is 152 Å². The van der Waals surface area contributed by atoms with Gasteiger partial charge in [-0.05, 0) is 6.92 Å². The lowest BCUT2D eigenvalue weighted by Crippen LogP contribution is -2.02. The normalized spacial score (nSPS) is 9.37. The maximum absolute atomic E-state index is 11.8. The lowest BCUT2D eigenvalue weighted by Gasteiger charge is -1.99. The second kappa shape index (κ2) is 20.0. The van der Waals surface area contributed by atoms with E-state index in [9.17, 15) is 19.2 Å². The van der Waals surface area contributed by atoms with Crippen LogP contribution in [0.2, 0.25) is 0 Å². The smallest absolute Gasteiger partial charge is 0.193 e. The molecule has 0 aromatic heterocycles. The number of carbonyl (C=O) groups excluding carboxylic acids is 4. The Bertz CT molecular complexity index is 1430. The van der Waals surface area contributed by atoms with E-state index in [1.54, 1.807) is 43.3 Å². The standard InChI is InChI=1S/C13H10O.C8H7ClO.C8H8O2.C8H8O/c14-13(11-7-3-1-4-8-11)12-9-5-2-6-10-12;2*9-6-8(10)7-4-2-1-3-5-7;1-7(9)8-5-3-2-4-6-8/h1-10H;1-5H,6H2;1-5,9H,6H2;2-6H,1H3. The maximum Gasteiger partial charge on any atom is 0.193 e. The molecular weight excluding hydrogens is 560 g/mol. The van der Waals surface area contributed by atoms with E-state index in [1.807, 2.05) is 115 Å². The number of ketones is 4. The third-order valence-corrected chi connectivity index (χ3v) is 5.95. The molecule has 0 unspecified atom stereocenters. The summed E-state index contributed by atoms with van der Waals surface area (Å²) in [6.45, 7) is 1.15. The van der Waals surface area contributed by atoms with E-state index < -0.39 is 6.61 Å². The van der Waals surface area contributed by atoms with Gasteiger partial charge < -0.3 is 5.11 Å². The number of hydrogen-bond donors (Lipinski definition) is 1. The molecule has 1 N–H and O–H groups in total. The Labute approximate surface area is 257 Å². The zero-order chi connectivity index (χ0) is 31.3. The fourth-order valence-corrected chi connectivity index (χ4v) is 3.59. The number of aliphatic hydroxyl groups excluding tert-OH is 1. The molecule has 0 saturated carbocycles. The second-order valence-corrected chi connectivity index (χ2v) is 9.12. The van der Waals surface area contributed by atoms with Crippen molar-refractivity contribution >= 4 is 34.7 Å². The average molecular weight is 593 g/mol. The Balaban J connectivity index is 0.000000204. The Morgan fingerprint density at radius 1 is 0.465 bits per heavy atom. The average Bonchev–Trinajstić information content (AvgIpc) is 3.10. The van der Waals surface area contributed by atoms with E-state index >= 15 is 0 Å². The monoisotopic (exact) mass is 592 g/mol. The van der Waals surface area contributed by atoms with Crippen LogP contribution in [0, 0.1) is 0 Å². The molecule has 0 amide bonds. The van der Waals surface area contributed by atoms with Crippen LogP contribution in [-0.4, -0.2) is 40.7 Å². The molecule has 218 valence electrons. The summed E-state index contributed by atoms with van der Waals surface area (Å²) < 4.78 is 0. The highest BCUT2D eigenvalue weighted by molar-refractivity contribution is 6.30. The summed E-state index contributed by atoms with van der Waals surface area (Å²) in [5.74, 6) is -0.00559. The number of Topliss-reactive ketones (excluding diaryl/α,β-unsaturated/α-hetero) is 3. The predicted molar refractivity (Wildman–Crippen MR) is 172 cm³/mol. The van der Waals surface area contributed by atoms with Gasteiger partial charge in [-0.15, -0.1) is 11.6 Å². The van der Waals surface area contributed by atoms with Crippen molar-refractivity contribution in [3.8, 4) is 0 Å². The molecule has 0 aliphatic heterocycles. The first-order chi connectivity index (χ1) is 20.9. The molecule has 43 heavy (non-hydrogen) atoms. The molecule has 0 heterocycles. The van der Waals surface area contributed by atoms with Gasteiger partial charge in [0.1, 0.15) is 6.61 Å². The van der Waals surface area contributed by atoms with Gasteiger partial charge in [0.25, 0.3) is 0 Å². The van der Waals surface area contributed by atoms with Crippen LogP contribution in [0.15, 0.2) is 152 Å². The van der Waals surface area contributed by atoms with Crippen molar-refractivity contribution in [1.29, 1.82) is 0 Å². The van der Waals surface area contributed by atoms with Crippen molar-refractivity contribution in [2.45, 2.75) is 6.92 Å². The summed E-state index contributed by atoms with van der Waals surface area (Å²) in [5.41, 5.74) is 3.48. The molecule has 0 radical (unpaired) electrons. The number of alkyl halides is 1. The van der Waals surface area contributed by atoms with Crippen molar-refractivity contribution in [2.75, 3.05) is 12.5 Å². The van der Waals surface area contributed by atoms with Gasteiger partial charge in [0.15, 0.2) is 23.1 Å². The van der Waals surface area contributed by atoms with E-state index in [1.165, 1.54) is 0 Å². The first kappa shape index (κ1) is 34.2. The van der Waals surface area contributed by atoms with E-state index in [-0.39, 0.29) is 29.0 Å². The molecule has 0 aliphatic carbocycles. The Morgan fingerprint density at radius 3 is 1.00 bits per heavy atom. The van der Waals surface area contributed by atoms with Gasteiger partial charge in [-0.25, -0.2) is 0 Å². The zero-order valence-electron chi connectivity index (χ0n) is 23.8. The summed E-state index contributed by atoms with van der Waals surface area (Å²) in [6, 6.07) is 45.6. The van der Waals surface area contributed by atoms with Gasteiger partial charge in [-0.2, -0.15) is 0 Å². The fourth-order valence-electron chi connectivity index (χ4n) is 3.44. The molecular formula is C37H33ClO5. The van der Waals surface area contributed by atoms with Gasteiger partial charge in [0.05, 0.1) is 5.88 Å². The molecule has 0 aliphatic rings. The van der Waals surface area contributed by atoms with Crippen LogP contribution in [0.3, 0.4) is 0 Å². The molecule has 5 rings (SSSR count). The van der Waals surface area contributed by atoms with Crippen LogP contribution in [0.1, 0.15) is 53.9 Å². The van der Waals surface area contributed by atoms with Crippen LogP contribution in [-0.2, 0) is 0 Å². The van der Waals surface area contributed by atoms with E-state index in [0.717, 1.165) is 16.7 Å². The van der Waals surface area contributed by atoms with Crippen molar-refractivity contribution in [3.63, 3.8) is 0 Å². The van der Waals surface area contributed by atoms with Gasteiger partial charge in [0, 0.05) is 27.8 Å². The highest BCUT2D eigenvalue weighted by atomic mass is 35.5. The number of rotatable bonds is 7. The number of aliphatic hydroxyl groups is 1. The largest absolute Gasteiger partial charge is 0.388 e. The third kappa shape index (κ3) is 13.0. The fraction of sp³-hybridized carbons (Fsp3) is 0.0811. The van der Waals surface area contributed by atoms with E-state index in [0.29, 0.717) is 11.1 Å². The Kier molecular flexibility index (Phi) is 15.9. The third-order valence-electron chi connectivity index (χ3n) is 5.71. The van der Waals surface area contributed by atoms with Gasteiger partial charge in [-0.3, -0.25) is 19.2 Å². The van der Waals surface area contributed by atoms with Crippen LogP contribution in [0.5, 0.6) is 0 Å². The molecule has 0 bridgehead atoms. The number of hydrogen-bond acceptors (Lipinski definition) is 5. The number of benzene rings is 5. The summed E-state index contributed by atoms with van der Waals surface area (Å²) in [4.78, 5) is 44.1. The summed E-state index contributed by atoms with van der Waals surface area (Å²) in [5, 5.41) is 8.44. The van der Waals surface area contributed by atoms with Crippen molar-refractivity contribution in [1.82, 2.24) is 0 Å². The van der Waals surface area contributed by atoms with Crippen molar-refractivity contribution in [2.24, 2.45) is 0 Å². The first-order valence-corrected chi connectivity index (χ1v) is 13.9. The van der Waals surface area contributed by atoms with Gasteiger partial charge >= 0.3 is 0 Å². The molecule has 0 fully saturated rings. The quantitative estimate of drug-likeness (QED) is 0.154. The minimum atomic E-state index is -0.413. The minimum Gasteiger partial charge on any atom is -0.388 e. The Hall–Kier alpha value is -4.97. The lowest BCUT2D eigenvalue weighted by atomic mass is 10.0. The highest BCUT2D eigenvalue weighted by Gasteiger charge is 2.06. The topological polar surface area (TPSA) is 88.5 Å². The summed E-state index contributed by atoms with van der Waals surface area (Å²) in [7, 11) is 0. The van der Waals surface area contributed by atoms with E-state index in [2.05, 4.69) is 0 Å². The SMILES string of the molecule is CC(=O)c1ccccc1.O=C(CCl)c1ccccc1.O=C(CO)c1ccccc1.O=C(c1ccccc1)c1ccccc1. The molecule has 0 saturated heterocycles. The molecule has 5 aromatic rings. The minimum absolute atomic E-state index is 0.0257. The van der Waals surface area contributed by atoms with E-state index in [4.69, 9.17) is 16.7 Å². The highest BCUT2D eigenvalue weighted by Crippen LogP contribution is 2.08. The summed E-state index contributed by atoms with van der Waals surface area (Å²) >= 11 is 5.34. The predicted octanol–water partition coefficient (Wildman–Crippen LogP) is 7.78. The van der Waals surface area contributed by atoms with Crippen LogP contribution in [0.25, 0.3) is 0 Å². The first-order valence-electron chi connectivity index (χ1n) is 13.4. The molecule has 0 spiro atoms. The number of halogens is 1. The number of carbonyl (C=O) groups is 4.